The average molecular weight is 780 g/mol. The quantitative estimate of drug-likeness (QED) is 0.161. The second kappa shape index (κ2) is 13.8. The smallest absolute Gasteiger partial charge is 0.252 e. The minimum Gasteiger partial charge on any atom is -0.311 e. The van der Waals surface area contributed by atoms with E-state index in [1.165, 1.54) is 96.7 Å². The number of hydrogen-bond donors (Lipinski definition) is 0. The number of nitrogens with zero attached hydrogens (tertiary/aromatic N) is 3. The summed E-state index contributed by atoms with van der Waals surface area (Å²) in [5, 5.41) is 0. The Bertz CT molecular complexity index is 2780. The molecule has 0 radical (unpaired) electrons. The van der Waals surface area contributed by atoms with Crippen LogP contribution in [0.5, 0.6) is 0 Å². The molecule has 60 heavy (non-hydrogen) atoms. The van der Waals surface area contributed by atoms with Gasteiger partial charge in [-0.15, -0.1) is 0 Å². The van der Waals surface area contributed by atoms with E-state index in [0.29, 0.717) is 0 Å². The van der Waals surface area contributed by atoms with E-state index in [1.807, 2.05) is 0 Å². The second-order valence-corrected chi connectivity index (χ2v) is 19.6. The first kappa shape index (κ1) is 37.0. The number of benzene rings is 7. The molecule has 7 aromatic rings. The maximum atomic E-state index is 2.68. The predicted molar refractivity (Wildman–Crippen MR) is 256 cm³/mol. The highest BCUT2D eigenvalue weighted by Crippen LogP contribution is 2.50. The van der Waals surface area contributed by atoms with Crippen molar-refractivity contribution in [3.8, 4) is 0 Å². The maximum absolute atomic E-state index is 2.68. The third kappa shape index (κ3) is 5.93. The van der Waals surface area contributed by atoms with Gasteiger partial charge in [-0.05, 0) is 173 Å². The van der Waals surface area contributed by atoms with Gasteiger partial charge in [-0.3, -0.25) is 0 Å². The largest absolute Gasteiger partial charge is 0.311 e. The highest BCUT2D eigenvalue weighted by atomic mass is 15.2. The summed E-state index contributed by atoms with van der Waals surface area (Å²) >= 11 is 0. The fourth-order valence-electron chi connectivity index (χ4n) is 11.1. The molecule has 0 aromatic heterocycles. The van der Waals surface area contributed by atoms with E-state index < -0.39 is 0 Å². The first-order chi connectivity index (χ1) is 29.0. The summed E-state index contributed by atoms with van der Waals surface area (Å²) in [5.74, 6) is 0. The van der Waals surface area contributed by atoms with Crippen molar-refractivity contribution in [2.75, 3.05) is 14.7 Å². The Morgan fingerprint density at radius 3 is 1.75 bits per heavy atom. The van der Waals surface area contributed by atoms with Crippen LogP contribution in [0.15, 0.2) is 146 Å². The molecule has 4 heteroatoms. The van der Waals surface area contributed by atoms with E-state index in [-0.39, 0.29) is 17.5 Å². The van der Waals surface area contributed by atoms with E-state index in [1.54, 1.807) is 0 Å². The topological polar surface area (TPSA) is 9.72 Å². The first-order valence-electron chi connectivity index (χ1n) is 22.2. The molecule has 0 N–H and O–H groups in total. The van der Waals surface area contributed by atoms with Gasteiger partial charge < -0.3 is 14.7 Å². The lowest BCUT2D eigenvalue weighted by molar-refractivity contribution is 0.393. The Morgan fingerprint density at radius 1 is 0.517 bits per heavy atom. The average Bonchev–Trinajstić information content (AvgIpc) is 3.58. The van der Waals surface area contributed by atoms with Crippen LogP contribution in [0.25, 0.3) is 0 Å². The summed E-state index contributed by atoms with van der Waals surface area (Å²) in [7, 11) is 0. The van der Waals surface area contributed by atoms with Gasteiger partial charge in [0.2, 0.25) is 0 Å². The Morgan fingerprint density at radius 2 is 1.10 bits per heavy atom. The van der Waals surface area contributed by atoms with Gasteiger partial charge in [-0.25, -0.2) is 0 Å². The molecular weight excluding hydrogens is 725 g/mol. The molecule has 0 atom stereocenters. The molecule has 2 aliphatic heterocycles. The normalized spacial score (nSPS) is 15.8. The van der Waals surface area contributed by atoms with Crippen LogP contribution in [0.3, 0.4) is 0 Å². The minimum absolute atomic E-state index is 0.000276. The lowest BCUT2D eigenvalue weighted by Crippen LogP contribution is -2.61. The zero-order chi connectivity index (χ0) is 40.9. The molecule has 7 aromatic carbocycles. The summed E-state index contributed by atoms with van der Waals surface area (Å²) in [5.41, 5.74) is 24.3. The molecule has 0 amide bonds. The van der Waals surface area contributed by atoms with Gasteiger partial charge >= 0.3 is 0 Å². The number of hydrogen-bond acceptors (Lipinski definition) is 3. The van der Waals surface area contributed by atoms with Crippen LogP contribution in [0.4, 0.5) is 51.2 Å². The van der Waals surface area contributed by atoms with Crippen molar-refractivity contribution < 1.29 is 0 Å². The van der Waals surface area contributed by atoms with Crippen LogP contribution in [-0.2, 0) is 31.1 Å². The lowest BCUT2D eigenvalue weighted by atomic mass is 9.33. The fourth-order valence-corrected chi connectivity index (χ4v) is 11.1. The summed E-state index contributed by atoms with van der Waals surface area (Å²) in [4.78, 5) is 7.77. The van der Waals surface area contributed by atoms with Gasteiger partial charge in [-0.2, -0.15) is 0 Å². The van der Waals surface area contributed by atoms with Crippen molar-refractivity contribution in [2.45, 2.75) is 85.5 Å². The summed E-state index contributed by atoms with van der Waals surface area (Å²) in [6.45, 7) is 14.3. The maximum Gasteiger partial charge on any atom is 0.252 e. The first-order valence-corrected chi connectivity index (χ1v) is 22.2. The van der Waals surface area contributed by atoms with Gasteiger partial charge in [0.05, 0.1) is 0 Å². The zero-order valence-corrected chi connectivity index (χ0v) is 36.0. The van der Waals surface area contributed by atoms with Crippen LogP contribution in [-0.4, -0.2) is 6.71 Å². The van der Waals surface area contributed by atoms with E-state index >= 15 is 0 Å². The number of para-hydroxylation sites is 2. The summed E-state index contributed by atoms with van der Waals surface area (Å²) < 4.78 is 0. The highest BCUT2D eigenvalue weighted by molar-refractivity contribution is 7.00. The van der Waals surface area contributed by atoms with E-state index in [0.717, 1.165) is 42.7 Å². The molecule has 296 valence electrons. The van der Waals surface area contributed by atoms with Crippen LogP contribution >= 0.6 is 0 Å². The fraction of sp³-hybridized carbons (Fsp3) is 0.250. The minimum atomic E-state index is 0.000276. The molecule has 0 bridgehead atoms. The molecule has 0 fully saturated rings. The molecule has 0 unspecified atom stereocenters. The third-order valence-electron chi connectivity index (χ3n) is 13.8. The van der Waals surface area contributed by atoms with Crippen LogP contribution in [0, 0.1) is 12.3 Å². The Kier molecular flexibility index (Phi) is 8.50. The molecule has 3 nitrogen and oxygen atoms in total. The summed E-state index contributed by atoms with van der Waals surface area (Å²) in [6, 6.07) is 55.6. The van der Waals surface area contributed by atoms with E-state index in [9.17, 15) is 0 Å². The molecular formula is C56H54BN3. The number of fused-ring (bicyclic) bond motifs is 6. The van der Waals surface area contributed by atoms with Gasteiger partial charge in [0.1, 0.15) is 0 Å². The monoisotopic (exact) mass is 779 g/mol. The molecule has 11 rings (SSSR count). The van der Waals surface area contributed by atoms with Crippen molar-refractivity contribution in [2.24, 2.45) is 5.41 Å². The highest BCUT2D eigenvalue weighted by Gasteiger charge is 2.45. The Balaban J connectivity index is 1.22. The molecule has 0 spiro atoms. The second-order valence-electron chi connectivity index (χ2n) is 19.6. The van der Waals surface area contributed by atoms with Crippen molar-refractivity contribution in [3.05, 3.63) is 179 Å². The van der Waals surface area contributed by atoms with Crippen LogP contribution < -0.4 is 31.1 Å². The van der Waals surface area contributed by atoms with Gasteiger partial charge in [0.25, 0.3) is 6.71 Å². The van der Waals surface area contributed by atoms with Crippen LogP contribution in [0.2, 0.25) is 0 Å². The molecule has 0 saturated carbocycles. The predicted octanol–water partition coefficient (Wildman–Crippen LogP) is 12.8. The molecule has 2 aliphatic carbocycles. The van der Waals surface area contributed by atoms with Gasteiger partial charge in [-0.1, -0.05) is 113 Å². The van der Waals surface area contributed by atoms with E-state index in [2.05, 4.69) is 202 Å². The Labute approximate surface area is 357 Å². The number of anilines is 9. The molecule has 4 aliphatic rings. The summed E-state index contributed by atoms with van der Waals surface area (Å²) in [6.07, 6.45) is 6.91. The van der Waals surface area contributed by atoms with Crippen molar-refractivity contribution in [3.63, 3.8) is 0 Å². The van der Waals surface area contributed by atoms with Gasteiger partial charge in [0, 0.05) is 51.2 Å². The zero-order valence-electron chi connectivity index (χ0n) is 36.0. The van der Waals surface area contributed by atoms with Crippen LogP contribution in [0.1, 0.15) is 80.8 Å². The van der Waals surface area contributed by atoms with Crippen molar-refractivity contribution >= 4 is 74.3 Å². The molecule has 2 heterocycles. The molecule has 0 saturated heterocycles. The lowest BCUT2D eigenvalue weighted by Gasteiger charge is -2.46. The number of aryl methyl sites for hydroxylation is 2. The van der Waals surface area contributed by atoms with Crippen molar-refractivity contribution in [1.29, 1.82) is 0 Å². The van der Waals surface area contributed by atoms with Crippen molar-refractivity contribution in [1.82, 2.24) is 0 Å². The van der Waals surface area contributed by atoms with E-state index in [4.69, 9.17) is 0 Å². The third-order valence-corrected chi connectivity index (χ3v) is 13.8. The Hall–Kier alpha value is -6.00. The number of rotatable bonds is 5. The SMILES string of the molecule is Cc1cc2c3c(c1)N(c1cccc4c1CC(C)(C)C4)c1cc(C(C)(C)C)ccc1B3c1ccc(N(c3ccccc3)c3ccccc3)cc1N2c1cccc2c1CCCC2. The van der Waals surface area contributed by atoms with Gasteiger partial charge in [0.15, 0.2) is 0 Å². The standard InChI is InChI=1S/C56H54BN3/c1-37-31-52-54-53(32-37)60(49-26-16-19-39-35-56(5,6)36-45(39)49)50-33-40(55(2,3)4)27-29-46(50)57(54)47-30-28-43(58(41-20-9-7-10-21-41)42-22-11-8-12-23-42)34-51(47)59(52)48-25-15-18-38-17-13-14-24-44(38)48/h7-12,15-16,18-23,25-34H,13-14,17,24,35-36H2,1-6H3.